The van der Waals surface area contributed by atoms with Gasteiger partial charge in [-0.25, -0.2) is 0 Å². The molecule has 2 aromatic carbocycles. The molecule has 158 valence electrons. The summed E-state index contributed by atoms with van der Waals surface area (Å²) in [6.45, 7) is 9.01. The van der Waals surface area contributed by atoms with Crippen LogP contribution in [0, 0.1) is 0 Å². The number of carbonyl (C=O) groups excluding carboxylic acids is 1. The van der Waals surface area contributed by atoms with E-state index < -0.39 is 0 Å². The molecule has 2 aromatic rings. The number of hydrogen-bond acceptors (Lipinski definition) is 3. The molecule has 3 heteroatoms. The van der Waals surface area contributed by atoms with E-state index in [0.29, 0.717) is 6.42 Å². The lowest BCUT2D eigenvalue weighted by Gasteiger charge is -2.19. The first-order chi connectivity index (χ1) is 14.3. The van der Waals surface area contributed by atoms with Gasteiger partial charge in [0.25, 0.3) is 0 Å². The Hall–Kier alpha value is -2.68. The maximum atomic E-state index is 12.5. The Labute approximate surface area is 180 Å². The average molecular weight is 404 g/mol. The molecule has 1 aliphatic carbocycles. The molecule has 0 aliphatic heterocycles. The summed E-state index contributed by atoms with van der Waals surface area (Å²) in [6.07, 6.45) is 3.24. The highest BCUT2D eigenvalue weighted by atomic mass is 16.5. The van der Waals surface area contributed by atoms with Crippen molar-refractivity contribution in [3.05, 3.63) is 70.8 Å². The number of aliphatic imine (C=N–C) groups is 1. The second-order valence-corrected chi connectivity index (χ2v) is 8.97. The van der Waals surface area contributed by atoms with Gasteiger partial charge in [0.05, 0.1) is 13.7 Å². The molecule has 3 nitrogen and oxygen atoms in total. The number of hydrogen-bond donors (Lipinski definition) is 0. The Kier molecular flexibility index (Phi) is 6.91. The van der Waals surface area contributed by atoms with Crippen LogP contribution in [-0.4, -0.2) is 25.1 Å². The number of ketones is 1. The molecule has 0 saturated carbocycles. The van der Waals surface area contributed by atoms with Gasteiger partial charge >= 0.3 is 0 Å². The number of methoxy groups -OCH3 is 1. The van der Waals surface area contributed by atoms with E-state index in [9.17, 15) is 4.79 Å². The van der Waals surface area contributed by atoms with Crippen LogP contribution in [0.25, 0.3) is 5.57 Å². The number of ether oxygens (including phenoxy) is 1. The Bertz CT molecular complexity index is 959. The van der Waals surface area contributed by atoms with Crippen molar-refractivity contribution in [2.24, 2.45) is 4.99 Å². The summed E-state index contributed by atoms with van der Waals surface area (Å²) in [4.78, 5) is 17.3. The molecule has 0 spiro atoms. The van der Waals surface area contributed by atoms with E-state index in [2.05, 4.69) is 64.1 Å². The standard InChI is InChI=1S/C27H33NO2/c1-6-24-25(20-8-7-9-23(17-20)30-5)14-15-26(24)28-18-22(29)16-19-10-12-21(13-11-19)27(2,3)4/h7-13,17H,6,14-16,18H2,1-5H3. The van der Waals surface area contributed by atoms with E-state index in [1.807, 2.05) is 12.1 Å². The van der Waals surface area contributed by atoms with E-state index in [4.69, 9.17) is 9.73 Å². The van der Waals surface area contributed by atoms with Gasteiger partial charge in [0.15, 0.2) is 5.78 Å². The predicted molar refractivity (Wildman–Crippen MR) is 126 cm³/mol. The number of nitrogens with zero attached hydrogens (tertiary/aromatic N) is 1. The summed E-state index contributed by atoms with van der Waals surface area (Å²) < 4.78 is 5.37. The molecule has 1 aliphatic rings. The van der Waals surface area contributed by atoms with Gasteiger partial charge in [0.1, 0.15) is 5.75 Å². The fourth-order valence-corrected chi connectivity index (χ4v) is 4.03. The highest BCUT2D eigenvalue weighted by Gasteiger charge is 2.21. The Balaban J connectivity index is 1.69. The van der Waals surface area contributed by atoms with Crippen LogP contribution in [0.1, 0.15) is 63.6 Å². The monoisotopic (exact) mass is 403 g/mol. The number of rotatable bonds is 7. The quantitative estimate of drug-likeness (QED) is 0.552. The molecular formula is C27H33NO2. The molecule has 0 N–H and O–H groups in total. The molecule has 0 radical (unpaired) electrons. The van der Waals surface area contributed by atoms with Crippen LogP contribution in [0.2, 0.25) is 0 Å². The van der Waals surface area contributed by atoms with Crippen LogP contribution in [0.3, 0.4) is 0 Å². The molecule has 0 fully saturated rings. The van der Waals surface area contributed by atoms with Gasteiger partial charge in [-0.1, -0.05) is 64.1 Å². The molecule has 0 aromatic heterocycles. The lowest BCUT2D eigenvalue weighted by atomic mass is 9.86. The summed E-state index contributed by atoms with van der Waals surface area (Å²) in [7, 11) is 1.69. The summed E-state index contributed by atoms with van der Waals surface area (Å²) in [5.74, 6) is 1.03. The van der Waals surface area contributed by atoms with Crippen molar-refractivity contribution in [1.82, 2.24) is 0 Å². The molecule has 0 saturated heterocycles. The van der Waals surface area contributed by atoms with Crippen molar-refractivity contribution in [1.29, 1.82) is 0 Å². The molecule has 3 rings (SSSR count). The zero-order chi connectivity index (χ0) is 21.7. The molecule has 30 heavy (non-hydrogen) atoms. The van der Waals surface area contributed by atoms with Crippen molar-refractivity contribution < 1.29 is 9.53 Å². The van der Waals surface area contributed by atoms with Crippen LogP contribution in [0.4, 0.5) is 0 Å². The van der Waals surface area contributed by atoms with E-state index in [1.165, 1.54) is 22.3 Å². The number of benzene rings is 2. The van der Waals surface area contributed by atoms with E-state index in [1.54, 1.807) is 7.11 Å². The zero-order valence-electron chi connectivity index (χ0n) is 18.9. The first-order valence-corrected chi connectivity index (χ1v) is 10.8. The average Bonchev–Trinajstić information content (AvgIpc) is 3.15. The second kappa shape index (κ2) is 9.42. The third-order valence-electron chi connectivity index (χ3n) is 5.76. The van der Waals surface area contributed by atoms with E-state index in [-0.39, 0.29) is 17.7 Å². The fourth-order valence-electron chi connectivity index (χ4n) is 4.03. The van der Waals surface area contributed by atoms with E-state index in [0.717, 1.165) is 36.3 Å². The van der Waals surface area contributed by atoms with Gasteiger partial charge in [0.2, 0.25) is 0 Å². The first kappa shape index (κ1) is 22.0. The third kappa shape index (κ3) is 5.27. The fraction of sp³-hybridized carbons (Fsp3) is 0.407. The van der Waals surface area contributed by atoms with Crippen LogP contribution in [0.15, 0.2) is 59.1 Å². The summed E-state index contributed by atoms with van der Waals surface area (Å²) in [5, 5.41) is 0. The van der Waals surface area contributed by atoms with Crippen LogP contribution in [0.5, 0.6) is 5.75 Å². The molecule has 0 unspecified atom stereocenters. The highest BCUT2D eigenvalue weighted by Crippen LogP contribution is 2.35. The molecule has 0 heterocycles. The van der Waals surface area contributed by atoms with Gasteiger partial charge in [0, 0.05) is 12.1 Å². The Morgan fingerprint density at radius 3 is 2.43 bits per heavy atom. The van der Waals surface area contributed by atoms with Crippen LogP contribution < -0.4 is 4.74 Å². The smallest absolute Gasteiger partial charge is 0.158 e. The van der Waals surface area contributed by atoms with Crippen LogP contribution >= 0.6 is 0 Å². The third-order valence-corrected chi connectivity index (χ3v) is 5.76. The number of carbonyl (C=O) groups is 1. The van der Waals surface area contributed by atoms with E-state index >= 15 is 0 Å². The molecule has 0 atom stereocenters. The summed E-state index contributed by atoms with van der Waals surface area (Å²) in [6, 6.07) is 16.6. The lowest BCUT2D eigenvalue weighted by Crippen LogP contribution is -2.12. The SMILES string of the molecule is CCC1=C(c2cccc(OC)c2)CCC1=NCC(=O)Cc1ccc(C(C)(C)C)cc1. The second-order valence-electron chi connectivity index (χ2n) is 8.97. The van der Waals surface area contributed by atoms with Crippen molar-refractivity contribution in [2.45, 2.75) is 58.8 Å². The van der Waals surface area contributed by atoms with Crippen molar-refractivity contribution >= 4 is 17.1 Å². The number of allylic oxidation sites excluding steroid dienone is 2. The van der Waals surface area contributed by atoms with Crippen LogP contribution in [-0.2, 0) is 16.6 Å². The van der Waals surface area contributed by atoms with Gasteiger partial charge in [-0.3, -0.25) is 9.79 Å². The summed E-state index contributed by atoms with van der Waals surface area (Å²) in [5.41, 5.74) is 7.37. The van der Waals surface area contributed by atoms with Gasteiger partial charge in [-0.2, -0.15) is 0 Å². The molecular weight excluding hydrogens is 370 g/mol. The van der Waals surface area contributed by atoms with Crippen molar-refractivity contribution in [3.8, 4) is 5.75 Å². The van der Waals surface area contributed by atoms with Crippen molar-refractivity contribution in [2.75, 3.05) is 13.7 Å². The Morgan fingerprint density at radius 2 is 1.80 bits per heavy atom. The van der Waals surface area contributed by atoms with Gasteiger partial charge in [-0.05, 0) is 64.6 Å². The maximum Gasteiger partial charge on any atom is 0.158 e. The molecule has 0 bridgehead atoms. The lowest BCUT2D eigenvalue weighted by molar-refractivity contribution is -0.117. The summed E-state index contributed by atoms with van der Waals surface area (Å²) >= 11 is 0. The zero-order valence-corrected chi connectivity index (χ0v) is 18.9. The van der Waals surface area contributed by atoms with Gasteiger partial charge in [-0.15, -0.1) is 0 Å². The minimum absolute atomic E-state index is 0.125. The topological polar surface area (TPSA) is 38.7 Å². The van der Waals surface area contributed by atoms with Gasteiger partial charge < -0.3 is 4.74 Å². The highest BCUT2D eigenvalue weighted by molar-refractivity contribution is 6.11. The Morgan fingerprint density at radius 1 is 1.07 bits per heavy atom. The first-order valence-electron chi connectivity index (χ1n) is 10.8. The largest absolute Gasteiger partial charge is 0.497 e. The maximum absolute atomic E-state index is 12.5. The minimum Gasteiger partial charge on any atom is -0.497 e. The number of Topliss-reactive ketones (excluding diaryl/α,β-unsaturated/α-hetero) is 1. The predicted octanol–water partition coefficient (Wildman–Crippen LogP) is 6.20. The minimum atomic E-state index is 0.125. The normalized spacial score (nSPS) is 15.7. The van der Waals surface area contributed by atoms with Crippen molar-refractivity contribution in [3.63, 3.8) is 0 Å². The molecule has 0 amide bonds.